The predicted molar refractivity (Wildman–Crippen MR) is 65.5 cm³/mol. The molecule has 18 heavy (non-hydrogen) atoms. The van der Waals surface area contributed by atoms with Crippen LogP contribution in [0.15, 0.2) is 0 Å². The molecule has 1 rings (SSSR count). The van der Waals surface area contributed by atoms with Crippen molar-refractivity contribution in [3.63, 3.8) is 0 Å². The predicted octanol–water partition coefficient (Wildman–Crippen LogP) is -1.81. The maximum atomic E-state index is 11.7. The van der Waals surface area contributed by atoms with Crippen LogP contribution in [0.4, 0.5) is 0 Å². The van der Waals surface area contributed by atoms with Gasteiger partial charge in [0.05, 0.1) is 6.54 Å². The zero-order chi connectivity index (χ0) is 13.4. The van der Waals surface area contributed by atoms with Gasteiger partial charge in [-0.25, -0.2) is 0 Å². The molecular formula is C11H20N4O3. The molecule has 0 bridgehead atoms. The summed E-state index contributed by atoms with van der Waals surface area (Å²) in [6.45, 7) is 1.84. The maximum absolute atomic E-state index is 11.7. The first kappa shape index (κ1) is 14.4. The SMILES string of the molecule is NCCNC(=O)C(=O)NCC(=O)N1CCCCC1. The normalized spacial score (nSPS) is 15.1. The highest BCUT2D eigenvalue weighted by molar-refractivity contribution is 6.35. The second-order valence-corrected chi connectivity index (χ2v) is 4.17. The van der Waals surface area contributed by atoms with Crippen LogP contribution in [0.1, 0.15) is 19.3 Å². The van der Waals surface area contributed by atoms with Crippen LogP contribution >= 0.6 is 0 Å². The van der Waals surface area contributed by atoms with Gasteiger partial charge in [-0.3, -0.25) is 14.4 Å². The summed E-state index contributed by atoms with van der Waals surface area (Å²) in [6, 6.07) is 0. The van der Waals surface area contributed by atoms with Crippen molar-refractivity contribution in [2.45, 2.75) is 19.3 Å². The van der Waals surface area contributed by atoms with Gasteiger partial charge >= 0.3 is 11.8 Å². The third-order valence-corrected chi connectivity index (χ3v) is 2.75. The van der Waals surface area contributed by atoms with Crippen LogP contribution in [0.3, 0.4) is 0 Å². The molecule has 1 heterocycles. The molecule has 1 fully saturated rings. The van der Waals surface area contributed by atoms with Gasteiger partial charge in [-0.15, -0.1) is 0 Å². The highest BCUT2D eigenvalue weighted by atomic mass is 16.2. The van der Waals surface area contributed by atoms with Crippen LogP contribution in [0.2, 0.25) is 0 Å². The molecule has 0 spiro atoms. The fourth-order valence-corrected chi connectivity index (χ4v) is 1.76. The average Bonchev–Trinajstić information content (AvgIpc) is 2.42. The van der Waals surface area contributed by atoms with Gasteiger partial charge in [-0.2, -0.15) is 0 Å². The minimum absolute atomic E-state index is 0.130. The summed E-state index contributed by atoms with van der Waals surface area (Å²) in [5.41, 5.74) is 5.19. The van der Waals surface area contributed by atoms with Gasteiger partial charge in [-0.1, -0.05) is 0 Å². The van der Waals surface area contributed by atoms with E-state index in [-0.39, 0.29) is 25.5 Å². The van der Waals surface area contributed by atoms with E-state index in [2.05, 4.69) is 10.6 Å². The second kappa shape index (κ2) is 7.65. The average molecular weight is 256 g/mol. The van der Waals surface area contributed by atoms with Crippen LogP contribution in [0, 0.1) is 0 Å². The van der Waals surface area contributed by atoms with Crippen molar-refractivity contribution < 1.29 is 14.4 Å². The summed E-state index contributed by atoms with van der Waals surface area (Å²) in [6.07, 6.45) is 3.13. The van der Waals surface area contributed by atoms with Crippen LogP contribution in [0.5, 0.6) is 0 Å². The molecule has 0 aromatic heterocycles. The number of nitrogens with one attached hydrogen (secondary N) is 2. The smallest absolute Gasteiger partial charge is 0.309 e. The maximum Gasteiger partial charge on any atom is 0.309 e. The van der Waals surface area contributed by atoms with E-state index in [1.54, 1.807) is 4.90 Å². The molecule has 1 aliphatic rings. The number of carbonyl (C=O) groups excluding carboxylic acids is 3. The van der Waals surface area contributed by atoms with Crippen molar-refractivity contribution in [2.75, 3.05) is 32.7 Å². The monoisotopic (exact) mass is 256 g/mol. The lowest BCUT2D eigenvalue weighted by atomic mass is 10.1. The van der Waals surface area contributed by atoms with Gasteiger partial charge < -0.3 is 21.3 Å². The Morgan fingerprint density at radius 2 is 1.61 bits per heavy atom. The number of carbonyl (C=O) groups is 3. The summed E-state index contributed by atoms with van der Waals surface area (Å²) in [7, 11) is 0. The Hall–Kier alpha value is -1.63. The molecular weight excluding hydrogens is 236 g/mol. The topological polar surface area (TPSA) is 105 Å². The third kappa shape index (κ3) is 4.70. The summed E-state index contributed by atoms with van der Waals surface area (Å²) < 4.78 is 0. The lowest BCUT2D eigenvalue weighted by Crippen LogP contribution is -2.47. The number of likely N-dealkylation sites (tertiary alicyclic amines) is 1. The van der Waals surface area contributed by atoms with Crippen molar-refractivity contribution in [3.05, 3.63) is 0 Å². The molecule has 3 amide bonds. The van der Waals surface area contributed by atoms with E-state index in [1.165, 1.54) is 0 Å². The lowest BCUT2D eigenvalue weighted by molar-refractivity contribution is -0.140. The number of amides is 3. The highest BCUT2D eigenvalue weighted by Crippen LogP contribution is 2.07. The first-order valence-corrected chi connectivity index (χ1v) is 6.19. The van der Waals surface area contributed by atoms with E-state index in [0.29, 0.717) is 0 Å². The number of piperidine rings is 1. The lowest BCUT2D eigenvalue weighted by Gasteiger charge is -2.26. The zero-order valence-electron chi connectivity index (χ0n) is 10.4. The molecule has 102 valence electrons. The summed E-state index contributed by atoms with van der Waals surface area (Å²) in [4.78, 5) is 35.9. The van der Waals surface area contributed by atoms with Gasteiger partial charge in [0, 0.05) is 26.2 Å². The minimum atomic E-state index is -0.797. The summed E-state index contributed by atoms with van der Waals surface area (Å²) in [5.74, 6) is -1.70. The first-order chi connectivity index (χ1) is 8.65. The molecule has 0 aromatic rings. The van der Waals surface area contributed by atoms with E-state index in [9.17, 15) is 14.4 Å². The zero-order valence-corrected chi connectivity index (χ0v) is 10.4. The van der Waals surface area contributed by atoms with Crippen molar-refractivity contribution in [3.8, 4) is 0 Å². The van der Waals surface area contributed by atoms with Crippen LogP contribution in [0.25, 0.3) is 0 Å². The van der Waals surface area contributed by atoms with Crippen LogP contribution < -0.4 is 16.4 Å². The fraction of sp³-hybridized carbons (Fsp3) is 0.727. The summed E-state index contributed by atoms with van der Waals surface area (Å²) >= 11 is 0. The number of nitrogens with zero attached hydrogens (tertiary/aromatic N) is 1. The Labute approximate surface area is 106 Å². The van der Waals surface area contributed by atoms with E-state index < -0.39 is 11.8 Å². The summed E-state index contributed by atoms with van der Waals surface area (Å²) in [5, 5.41) is 4.64. The van der Waals surface area contributed by atoms with Gasteiger partial charge in [0.15, 0.2) is 0 Å². The molecule has 7 heteroatoms. The van der Waals surface area contributed by atoms with Crippen molar-refractivity contribution in [1.29, 1.82) is 0 Å². The van der Waals surface area contributed by atoms with Gasteiger partial charge in [0.25, 0.3) is 0 Å². The molecule has 0 aromatic carbocycles. The molecule has 0 aliphatic carbocycles. The largest absolute Gasteiger partial charge is 0.347 e. The van der Waals surface area contributed by atoms with Crippen molar-refractivity contribution in [2.24, 2.45) is 5.73 Å². The number of hydrogen-bond acceptors (Lipinski definition) is 4. The Kier molecular flexibility index (Phi) is 6.13. The van der Waals surface area contributed by atoms with E-state index >= 15 is 0 Å². The third-order valence-electron chi connectivity index (χ3n) is 2.75. The molecule has 0 radical (unpaired) electrons. The molecule has 0 saturated carbocycles. The van der Waals surface area contributed by atoms with E-state index in [0.717, 1.165) is 32.4 Å². The standard InChI is InChI=1S/C11H20N4O3/c12-4-5-13-10(17)11(18)14-8-9(16)15-6-2-1-3-7-15/h1-8,12H2,(H,13,17)(H,14,18). The molecule has 0 unspecified atom stereocenters. The van der Waals surface area contributed by atoms with Crippen LogP contribution in [-0.4, -0.2) is 55.3 Å². The molecule has 0 atom stereocenters. The quantitative estimate of drug-likeness (QED) is 0.516. The Morgan fingerprint density at radius 1 is 1.00 bits per heavy atom. The minimum Gasteiger partial charge on any atom is -0.347 e. The number of nitrogens with two attached hydrogens (primary N) is 1. The van der Waals surface area contributed by atoms with E-state index in [1.807, 2.05) is 0 Å². The van der Waals surface area contributed by atoms with Gasteiger partial charge in [-0.05, 0) is 19.3 Å². The highest BCUT2D eigenvalue weighted by Gasteiger charge is 2.18. The Bertz CT molecular complexity index is 313. The van der Waals surface area contributed by atoms with E-state index in [4.69, 9.17) is 5.73 Å². The second-order valence-electron chi connectivity index (χ2n) is 4.17. The molecule has 4 N–H and O–H groups in total. The first-order valence-electron chi connectivity index (χ1n) is 6.19. The Balaban J connectivity index is 2.24. The van der Waals surface area contributed by atoms with Gasteiger partial charge in [0.1, 0.15) is 0 Å². The number of rotatable bonds is 4. The molecule has 1 aliphatic heterocycles. The fourth-order valence-electron chi connectivity index (χ4n) is 1.76. The Morgan fingerprint density at radius 3 is 2.22 bits per heavy atom. The van der Waals surface area contributed by atoms with Crippen molar-refractivity contribution >= 4 is 17.7 Å². The van der Waals surface area contributed by atoms with Crippen LogP contribution in [-0.2, 0) is 14.4 Å². The van der Waals surface area contributed by atoms with Gasteiger partial charge in [0.2, 0.25) is 5.91 Å². The molecule has 1 saturated heterocycles. The number of hydrogen-bond donors (Lipinski definition) is 3. The van der Waals surface area contributed by atoms with Crippen molar-refractivity contribution in [1.82, 2.24) is 15.5 Å². The molecule has 7 nitrogen and oxygen atoms in total.